The molecular formula is C17H21NO3. The molecule has 1 amide bonds. The molecule has 1 aliphatic rings. The fraction of sp³-hybridized carbons (Fsp3) is 0.471. The molecule has 4 heteroatoms. The third-order valence-electron chi connectivity index (χ3n) is 3.73. The number of nitrogens with zero attached hydrogens (tertiary/aromatic N) is 1. The van der Waals surface area contributed by atoms with Crippen LogP contribution in [0.4, 0.5) is 0 Å². The Labute approximate surface area is 125 Å². The second-order valence-corrected chi connectivity index (χ2v) is 5.39. The number of benzene rings is 1. The number of hydrogen-bond acceptors (Lipinski definition) is 3. The Hall–Kier alpha value is -1.83. The van der Waals surface area contributed by atoms with Gasteiger partial charge in [0.05, 0.1) is 18.8 Å². The van der Waals surface area contributed by atoms with Crippen molar-refractivity contribution in [3.05, 3.63) is 34.9 Å². The van der Waals surface area contributed by atoms with Crippen LogP contribution >= 0.6 is 0 Å². The first-order chi connectivity index (χ1) is 10.0. The van der Waals surface area contributed by atoms with Crippen molar-refractivity contribution in [2.75, 3.05) is 19.8 Å². The van der Waals surface area contributed by atoms with Crippen LogP contribution in [0.2, 0.25) is 0 Å². The molecule has 0 saturated carbocycles. The van der Waals surface area contributed by atoms with Crippen molar-refractivity contribution in [1.29, 1.82) is 0 Å². The van der Waals surface area contributed by atoms with E-state index in [1.807, 2.05) is 43.9 Å². The van der Waals surface area contributed by atoms with Gasteiger partial charge in [-0.15, -0.1) is 0 Å². The molecular weight excluding hydrogens is 266 g/mol. The average Bonchev–Trinajstić information content (AvgIpc) is 2.48. The zero-order chi connectivity index (χ0) is 15.4. The molecule has 1 aromatic carbocycles. The van der Waals surface area contributed by atoms with Crippen LogP contribution in [-0.2, 0) is 4.74 Å². The lowest BCUT2D eigenvalue weighted by Gasteiger charge is -2.37. The van der Waals surface area contributed by atoms with Crippen LogP contribution < -0.4 is 0 Å². The highest BCUT2D eigenvalue weighted by Crippen LogP contribution is 2.19. The highest BCUT2D eigenvalue weighted by molar-refractivity contribution is 5.96. The van der Waals surface area contributed by atoms with Gasteiger partial charge in [0.15, 0.2) is 0 Å². The van der Waals surface area contributed by atoms with Crippen LogP contribution in [0.3, 0.4) is 0 Å². The molecule has 1 N–H and O–H groups in total. The van der Waals surface area contributed by atoms with Crippen molar-refractivity contribution in [3.8, 4) is 11.8 Å². The lowest BCUT2D eigenvalue weighted by atomic mass is 10.0. The van der Waals surface area contributed by atoms with Crippen LogP contribution in [0.1, 0.15) is 35.3 Å². The van der Waals surface area contributed by atoms with Gasteiger partial charge in [-0.1, -0.05) is 17.9 Å². The van der Waals surface area contributed by atoms with Crippen molar-refractivity contribution in [3.63, 3.8) is 0 Å². The number of hydrogen-bond donors (Lipinski definition) is 1. The molecule has 4 nitrogen and oxygen atoms in total. The smallest absolute Gasteiger partial charge is 0.254 e. The summed E-state index contributed by atoms with van der Waals surface area (Å²) in [5, 5.41) is 8.80. The van der Waals surface area contributed by atoms with E-state index in [1.54, 1.807) is 0 Å². The molecule has 0 spiro atoms. The SMILES string of the molecule is Cc1c(C#CCO)cccc1C(=O)N1CC(C)OCC1C. The molecule has 0 aromatic heterocycles. The van der Waals surface area contributed by atoms with Crippen molar-refractivity contribution < 1.29 is 14.6 Å². The van der Waals surface area contributed by atoms with Crippen LogP contribution in [0.25, 0.3) is 0 Å². The van der Waals surface area contributed by atoms with E-state index < -0.39 is 0 Å². The summed E-state index contributed by atoms with van der Waals surface area (Å²) in [5.41, 5.74) is 2.30. The first-order valence-corrected chi connectivity index (χ1v) is 7.16. The van der Waals surface area contributed by atoms with Crippen molar-refractivity contribution in [1.82, 2.24) is 4.90 Å². The summed E-state index contributed by atoms with van der Waals surface area (Å²) in [7, 11) is 0. The maximum absolute atomic E-state index is 12.8. The number of morpholine rings is 1. The third-order valence-corrected chi connectivity index (χ3v) is 3.73. The first kappa shape index (κ1) is 15.6. The Morgan fingerprint density at radius 1 is 1.48 bits per heavy atom. The van der Waals surface area contributed by atoms with E-state index in [4.69, 9.17) is 9.84 Å². The monoisotopic (exact) mass is 287 g/mol. The van der Waals surface area contributed by atoms with Gasteiger partial charge in [0.1, 0.15) is 6.61 Å². The molecule has 1 aliphatic heterocycles. The zero-order valence-electron chi connectivity index (χ0n) is 12.7. The maximum Gasteiger partial charge on any atom is 0.254 e. The average molecular weight is 287 g/mol. The maximum atomic E-state index is 12.8. The summed E-state index contributed by atoms with van der Waals surface area (Å²) in [4.78, 5) is 14.6. The number of amides is 1. The largest absolute Gasteiger partial charge is 0.384 e. The Morgan fingerprint density at radius 2 is 2.24 bits per heavy atom. The van der Waals surface area contributed by atoms with Gasteiger partial charge >= 0.3 is 0 Å². The van der Waals surface area contributed by atoms with Crippen LogP contribution in [-0.4, -0.2) is 47.8 Å². The van der Waals surface area contributed by atoms with Gasteiger partial charge in [0.2, 0.25) is 0 Å². The number of aliphatic hydroxyl groups excluding tert-OH is 1. The van der Waals surface area contributed by atoms with Crippen LogP contribution in [0, 0.1) is 18.8 Å². The predicted octanol–water partition coefficient (Wildman–Crippen LogP) is 1.59. The molecule has 21 heavy (non-hydrogen) atoms. The lowest BCUT2D eigenvalue weighted by Crippen LogP contribution is -2.50. The highest BCUT2D eigenvalue weighted by Gasteiger charge is 2.29. The molecule has 1 saturated heterocycles. The molecule has 0 radical (unpaired) electrons. The molecule has 2 atom stereocenters. The fourth-order valence-electron chi connectivity index (χ4n) is 2.48. The van der Waals surface area contributed by atoms with E-state index in [0.29, 0.717) is 18.7 Å². The van der Waals surface area contributed by atoms with Gasteiger partial charge in [-0.05, 0) is 38.5 Å². The van der Waals surface area contributed by atoms with E-state index in [9.17, 15) is 4.79 Å². The van der Waals surface area contributed by atoms with Gasteiger partial charge < -0.3 is 14.7 Å². The number of aliphatic hydroxyl groups is 1. The number of ether oxygens (including phenoxy) is 1. The number of carbonyl (C=O) groups is 1. The van der Waals surface area contributed by atoms with Crippen molar-refractivity contribution in [2.24, 2.45) is 0 Å². The lowest BCUT2D eigenvalue weighted by molar-refractivity contribution is -0.0387. The normalized spacial score (nSPS) is 21.6. The minimum Gasteiger partial charge on any atom is -0.384 e. The minimum atomic E-state index is -0.185. The summed E-state index contributed by atoms with van der Waals surface area (Å²) in [6.45, 7) is 6.84. The van der Waals surface area contributed by atoms with Gasteiger partial charge in [0.25, 0.3) is 5.91 Å². The molecule has 2 rings (SSSR count). The zero-order valence-corrected chi connectivity index (χ0v) is 12.7. The number of rotatable bonds is 1. The van der Waals surface area contributed by atoms with E-state index in [1.165, 1.54) is 0 Å². The standard InChI is InChI=1S/C17H21NO3/c1-12-11-21-13(2)10-18(12)17(20)16-8-4-6-15(14(16)3)7-5-9-19/h4,6,8,12-13,19H,9-11H2,1-3H3. The van der Waals surface area contributed by atoms with Crippen LogP contribution in [0.5, 0.6) is 0 Å². The second kappa shape index (κ2) is 6.75. The van der Waals surface area contributed by atoms with Gasteiger partial charge in [-0.3, -0.25) is 4.79 Å². The summed E-state index contributed by atoms with van der Waals surface area (Å²) in [6.07, 6.45) is 0.0582. The predicted molar refractivity (Wildman–Crippen MR) is 81.1 cm³/mol. The molecule has 1 fully saturated rings. The quantitative estimate of drug-likeness (QED) is 0.798. The Bertz CT molecular complexity index is 585. The van der Waals surface area contributed by atoms with Crippen LogP contribution in [0.15, 0.2) is 18.2 Å². The molecule has 0 aliphatic carbocycles. The van der Waals surface area contributed by atoms with Crippen molar-refractivity contribution >= 4 is 5.91 Å². The Kier molecular flexibility index (Phi) is 5.00. The van der Waals surface area contributed by atoms with E-state index in [2.05, 4.69) is 11.8 Å². The third kappa shape index (κ3) is 3.44. The highest BCUT2D eigenvalue weighted by atomic mass is 16.5. The van der Waals surface area contributed by atoms with E-state index >= 15 is 0 Å². The molecule has 2 unspecified atom stereocenters. The first-order valence-electron chi connectivity index (χ1n) is 7.16. The summed E-state index contributed by atoms with van der Waals surface area (Å²) in [5.74, 6) is 5.53. The summed E-state index contributed by atoms with van der Waals surface area (Å²) >= 11 is 0. The van der Waals surface area contributed by atoms with Gasteiger partial charge in [-0.2, -0.15) is 0 Å². The summed E-state index contributed by atoms with van der Waals surface area (Å²) in [6, 6.07) is 5.59. The Morgan fingerprint density at radius 3 is 2.95 bits per heavy atom. The number of carbonyl (C=O) groups excluding carboxylic acids is 1. The van der Waals surface area contributed by atoms with Gasteiger partial charge in [0, 0.05) is 17.7 Å². The topological polar surface area (TPSA) is 49.8 Å². The molecule has 112 valence electrons. The molecule has 1 aromatic rings. The minimum absolute atomic E-state index is 0.0165. The second-order valence-electron chi connectivity index (χ2n) is 5.39. The van der Waals surface area contributed by atoms with E-state index in [0.717, 1.165) is 11.1 Å². The molecule has 0 bridgehead atoms. The van der Waals surface area contributed by atoms with E-state index in [-0.39, 0.29) is 24.7 Å². The summed E-state index contributed by atoms with van der Waals surface area (Å²) < 4.78 is 5.57. The fourth-order valence-corrected chi connectivity index (χ4v) is 2.48. The van der Waals surface area contributed by atoms with Gasteiger partial charge in [-0.25, -0.2) is 0 Å². The van der Waals surface area contributed by atoms with Crippen molar-refractivity contribution in [2.45, 2.75) is 32.9 Å². The Balaban J connectivity index is 2.30. The molecule has 1 heterocycles.